The smallest absolute Gasteiger partial charge is 0.192 e. The molecular weight excluding hydrogens is 655 g/mol. The van der Waals surface area contributed by atoms with Crippen LogP contribution in [0.15, 0.2) is 30.3 Å². The van der Waals surface area contributed by atoms with E-state index in [1.807, 2.05) is 32.9 Å². The highest BCUT2D eigenvalue weighted by Gasteiger charge is 2.68. The first kappa shape index (κ1) is 39.2. The minimum absolute atomic E-state index is 0.0491. The van der Waals surface area contributed by atoms with Gasteiger partial charge in [0.25, 0.3) is 0 Å². The van der Waals surface area contributed by atoms with Crippen LogP contribution in [0.25, 0.3) is 5.57 Å². The van der Waals surface area contributed by atoms with Crippen molar-refractivity contribution in [2.24, 2.45) is 28.6 Å². The molecule has 3 saturated carbocycles. The molecule has 0 radical (unpaired) electrons. The molecule has 1 aromatic carbocycles. The molecule has 0 amide bonds. The largest absolute Gasteiger partial charge is 0.382 e. The molecule has 5 aliphatic rings. The second-order valence-corrected chi connectivity index (χ2v) is 16.4. The Morgan fingerprint density at radius 2 is 1.55 bits per heavy atom. The number of halogens is 1. The lowest BCUT2D eigenvalue weighted by Crippen LogP contribution is -2.75. The Labute approximate surface area is 304 Å². The van der Waals surface area contributed by atoms with E-state index in [0.29, 0.717) is 37.6 Å². The third-order valence-corrected chi connectivity index (χ3v) is 14.1. The number of benzene rings is 1. The molecule has 9 nitrogen and oxygen atoms in total. The van der Waals surface area contributed by atoms with Crippen LogP contribution in [0.2, 0.25) is 0 Å². The Morgan fingerprint density at radius 3 is 2.22 bits per heavy atom. The summed E-state index contributed by atoms with van der Waals surface area (Å²) in [7, 11) is 1.49. The summed E-state index contributed by atoms with van der Waals surface area (Å²) in [5.74, 6) is 1.04. The van der Waals surface area contributed by atoms with Gasteiger partial charge < -0.3 is 43.4 Å². The monoisotopic (exact) mass is 718 g/mol. The molecule has 0 spiro atoms. The zero-order valence-electron chi connectivity index (χ0n) is 32.0. The fourth-order valence-electron chi connectivity index (χ4n) is 11.3. The molecule has 51 heavy (non-hydrogen) atoms. The van der Waals surface area contributed by atoms with Crippen LogP contribution >= 0.6 is 0 Å². The van der Waals surface area contributed by atoms with E-state index in [1.54, 1.807) is 19.1 Å². The Balaban J connectivity index is 1.22. The number of fused-ring (bicyclic) bond motifs is 5. The molecule has 0 bridgehead atoms. The van der Waals surface area contributed by atoms with Crippen LogP contribution in [0.5, 0.6) is 0 Å². The molecule has 1 aliphatic heterocycles. The topological polar surface area (TPSA) is 105 Å². The summed E-state index contributed by atoms with van der Waals surface area (Å²) in [5, 5.41) is 24.0. The zero-order chi connectivity index (χ0) is 36.7. The third kappa shape index (κ3) is 6.56. The molecule has 2 unspecified atom stereocenters. The fourth-order valence-corrected chi connectivity index (χ4v) is 11.3. The molecule has 1 aromatic rings. The first-order chi connectivity index (χ1) is 24.4. The van der Waals surface area contributed by atoms with Crippen molar-refractivity contribution in [3.05, 3.63) is 41.7 Å². The summed E-state index contributed by atoms with van der Waals surface area (Å²) in [6.07, 6.45) is 7.13. The number of aliphatic hydroxyl groups is 2. The third-order valence-electron chi connectivity index (χ3n) is 14.1. The normalized spacial score (nSPS) is 43.6. The predicted molar refractivity (Wildman–Crippen MR) is 191 cm³/mol. The molecule has 10 heteroatoms. The summed E-state index contributed by atoms with van der Waals surface area (Å²) in [5.41, 5.74) is -1.52. The lowest BCUT2D eigenvalue weighted by atomic mass is 9.43. The van der Waals surface area contributed by atoms with Crippen molar-refractivity contribution in [3.63, 3.8) is 0 Å². The van der Waals surface area contributed by atoms with Crippen LogP contribution in [0, 0.1) is 34.4 Å². The van der Waals surface area contributed by atoms with E-state index < -0.39 is 35.3 Å². The van der Waals surface area contributed by atoms with Gasteiger partial charge in [0.1, 0.15) is 24.3 Å². The number of hydrogen-bond donors (Lipinski definition) is 2. The van der Waals surface area contributed by atoms with Crippen LogP contribution in [-0.2, 0) is 33.2 Å². The first-order valence-electron chi connectivity index (χ1n) is 19.5. The minimum Gasteiger partial charge on any atom is -0.382 e. The van der Waals surface area contributed by atoms with Gasteiger partial charge in [-0.25, -0.2) is 4.39 Å². The summed E-state index contributed by atoms with van der Waals surface area (Å²) in [6.45, 7) is 13.9. The Bertz CT molecular complexity index is 1360. The van der Waals surface area contributed by atoms with Gasteiger partial charge in [0.15, 0.2) is 11.9 Å². The molecule has 1 heterocycles. The number of rotatable bonds is 14. The lowest BCUT2D eigenvalue weighted by molar-refractivity contribution is -0.386. The van der Waals surface area contributed by atoms with Crippen LogP contribution < -0.4 is 0 Å². The molecule has 12 atom stereocenters. The Morgan fingerprint density at radius 1 is 0.863 bits per heavy atom. The van der Waals surface area contributed by atoms with Gasteiger partial charge in [-0.05, 0) is 125 Å². The highest BCUT2D eigenvalue weighted by atomic mass is 19.1. The molecule has 4 aliphatic carbocycles. The number of methoxy groups -OCH3 is 1. The standard InChI is InChI=1S/C41H63FO9/c1-8-46-24-39(43)27(4)50-36(40(44,25-47-9-2)35(39)45-7)51-31-17-20-37(5)29(23-31)13-16-34-33(37)18-21-38(6)32(28-11-14-30(42)15-12-28)19-22-41(34,38)49-26-48-10-3/h11-12,14-15,19,27,29,31,33-36,43-44H,8-10,13,16-18,20-26H2,1-7H3/t27-,29?,31?,33-,34-,35+,36+,37+,38-,39-,40-,41-/m1/s1. The van der Waals surface area contributed by atoms with Gasteiger partial charge in [-0.3, -0.25) is 0 Å². The van der Waals surface area contributed by atoms with Crippen LogP contribution in [0.4, 0.5) is 4.39 Å². The molecule has 0 aromatic heterocycles. The van der Waals surface area contributed by atoms with Gasteiger partial charge in [-0.1, -0.05) is 32.1 Å². The fraction of sp³-hybridized carbons (Fsp3) is 0.805. The second-order valence-electron chi connectivity index (χ2n) is 16.4. The first-order valence-corrected chi connectivity index (χ1v) is 19.5. The predicted octanol–water partition coefficient (Wildman–Crippen LogP) is 6.68. The van der Waals surface area contributed by atoms with E-state index in [1.165, 1.54) is 12.7 Å². The van der Waals surface area contributed by atoms with Gasteiger partial charge in [0.2, 0.25) is 0 Å². The molecule has 2 N–H and O–H groups in total. The summed E-state index contributed by atoms with van der Waals surface area (Å²) in [4.78, 5) is 0. The average molecular weight is 719 g/mol. The van der Waals surface area contributed by atoms with Crippen molar-refractivity contribution in [3.8, 4) is 0 Å². The van der Waals surface area contributed by atoms with E-state index in [0.717, 1.165) is 56.9 Å². The maximum absolute atomic E-state index is 14.0. The van der Waals surface area contributed by atoms with Crippen molar-refractivity contribution >= 4 is 5.57 Å². The van der Waals surface area contributed by atoms with E-state index in [2.05, 4.69) is 19.9 Å². The van der Waals surface area contributed by atoms with E-state index in [9.17, 15) is 14.6 Å². The van der Waals surface area contributed by atoms with Gasteiger partial charge in [-0.2, -0.15) is 0 Å². The Kier molecular flexibility index (Phi) is 11.8. The zero-order valence-corrected chi connectivity index (χ0v) is 32.0. The summed E-state index contributed by atoms with van der Waals surface area (Å²) < 4.78 is 57.1. The Hall–Kier alpha value is -1.47. The molecule has 6 rings (SSSR count). The average Bonchev–Trinajstić information content (AvgIpc) is 3.42. The van der Waals surface area contributed by atoms with E-state index in [-0.39, 0.29) is 42.8 Å². The SMILES string of the molecule is CCOCO[C@@]12CC=C(c3ccc(F)cc3)[C@@]1(C)CC[C@@H]1[C@H]2CCC2CC(O[C@@H]3O[C@H](C)[C@](O)(COCC)[C@H](OC)[C@]3(O)COCC)CC[C@@]21C. The maximum Gasteiger partial charge on any atom is 0.192 e. The lowest BCUT2D eigenvalue weighted by Gasteiger charge is -2.64. The second kappa shape index (κ2) is 15.3. The van der Waals surface area contributed by atoms with Crippen LogP contribution in [0.1, 0.15) is 98.5 Å². The highest BCUT2D eigenvalue weighted by molar-refractivity contribution is 5.74. The molecular formula is C41H63FO9. The van der Waals surface area contributed by atoms with Gasteiger partial charge >= 0.3 is 0 Å². The van der Waals surface area contributed by atoms with Crippen LogP contribution in [-0.4, -0.2) is 98.6 Å². The van der Waals surface area contributed by atoms with E-state index >= 15 is 0 Å². The molecule has 1 saturated heterocycles. The van der Waals surface area contributed by atoms with Crippen molar-refractivity contribution in [2.75, 3.05) is 46.9 Å². The van der Waals surface area contributed by atoms with Gasteiger partial charge in [0.05, 0.1) is 31.0 Å². The van der Waals surface area contributed by atoms with Crippen molar-refractivity contribution < 1.29 is 47.8 Å². The van der Waals surface area contributed by atoms with Crippen molar-refractivity contribution in [1.29, 1.82) is 0 Å². The van der Waals surface area contributed by atoms with Crippen molar-refractivity contribution in [2.45, 2.75) is 134 Å². The molecule has 4 fully saturated rings. The summed E-state index contributed by atoms with van der Waals surface area (Å²) in [6, 6.07) is 6.95. The number of hydrogen-bond acceptors (Lipinski definition) is 9. The number of ether oxygens (including phenoxy) is 7. The summed E-state index contributed by atoms with van der Waals surface area (Å²) >= 11 is 0. The van der Waals surface area contributed by atoms with E-state index in [4.69, 9.17) is 33.2 Å². The van der Waals surface area contributed by atoms with Gasteiger partial charge in [-0.15, -0.1) is 0 Å². The van der Waals surface area contributed by atoms with Gasteiger partial charge in [0, 0.05) is 32.3 Å². The maximum atomic E-state index is 14.0. The molecule has 288 valence electrons. The quantitative estimate of drug-likeness (QED) is 0.124. The van der Waals surface area contributed by atoms with Crippen molar-refractivity contribution in [1.82, 2.24) is 0 Å². The highest BCUT2D eigenvalue weighted by Crippen LogP contribution is 2.70. The van der Waals surface area contributed by atoms with Crippen LogP contribution in [0.3, 0.4) is 0 Å². The minimum atomic E-state index is -1.75.